The fourth-order valence-electron chi connectivity index (χ4n) is 2.16. The van der Waals surface area contributed by atoms with Crippen LogP contribution >= 0.6 is 0 Å². The molecule has 0 fully saturated rings. The predicted octanol–water partition coefficient (Wildman–Crippen LogP) is 0.241. The Labute approximate surface area is 176 Å². The molecule has 0 aromatic heterocycles. The van der Waals surface area contributed by atoms with Gasteiger partial charge in [0, 0.05) is 21.3 Å². The summed E-state index contributed by atoms with van der Waals surface area (Å²) in [7, 11) is 1.72. The molecule has 0 saturated carbocycles. The summed E-state index contributed by atoms with van der Waals surface area (Å²) >= 11 is 0. The van der Waals surface area contributed by atoms with Gasteiger partial charge in [-0.3, -0.25) is 0 Å². The molecule has 0 heterocycles. The molecular weight excluding hydrogens is 402 g/mol. The third kappa shape index (κ3) is 15.3. The zero-order valence-corrected chi connectivity index (χ0v) is 19.5. The van der Waals surface area contributed by atoms with Gasteiger partial charge in [-0.15, -0.1) is 0 Å². The number of nitrogens with two attached hydrogens (primary N) is 1. The average molecular weight is 444 g/mol. The first kappa shape index (κ1) is 28.8. The van der Waals surface area contributed by atoms with E-state index in [9.17, 15) is 0 Å². The lowest BCUT2D eigenvalue weighted by molar-refractivity contribution is -0.0152. The molecule has 176 valence electrons. The van der Waals surface area contributed by atoms with Crippen LogP contribution < -0.4 is 5.73 Å². The fourth-order valence-corrected chi connectivity index (χ4v) is 4.65. The summed E-state index contributed by atoms with van der Waals surface area (Å²) in [5.74, 6) is 0. The van der Waals surface area contributed by atoms with Crippen LogP contribution in [0.15, 0.2) is 0 Å². The smallest absolute Gasteiger partial charge is 0.382 e. The zero-order valence-electron chi connectivity index (χ0n) is 18.5. The highest BCUT2D eigenvalue weighted by atomic mass is 28.4. The molecule has 0 bridgehead atoms. The SMILES string of the molecule is CCC(N)[Si](OCCOCCOC)(OCCOCCOC)OCCOCCOC. The van der Waals surface area contributed by atoms with Gasteiger partial charge in [-0.2, -0.15) is 0 Å². The van der Waals surface area contributed by atoms with Crippen LogP contribution in [-0.2, 0) is 41.7 Å². The molecule has 0 aromatic carbocycles. The minimum absolute atomic E-state index is 0.318. The molecule has 0 rings (SSSR count). The van der Waals surface area contributed by atoms with Crippen LogP contribution in [0.1, 0.15) is 13.3 Å². The van der Waals surface area contributed by atoms with Crippen LogP contribution in [0.5, 0.6) is 0 Å². The normalized spacial score (nSPS) is 13.1. The third-order valence-electron chi connectivity index (χ3n) is 3.78. The second-order valence-corrected chi connectivity index (χ2v) is 8.79. The van der Waals surface area contributed by atoms with Crippen LogP contribution in [0, 0.1) is 0 Å². The highest BCUT2D eigenvalue weighted by molar-refractivity contribution is 6.62. The Hall–Kier alpha value is -0.183. The second kappa shape index (κ2) is 21.1. The standard InChI is InChI=1S/C18H41NO9Si/c1-5-18(19)29(26-15-12-23-9-6-20-2,27-16-13-24-10-7-21-3)28-17-14-25-11-8-22-4/h18H,5-17,19H2,1-4H3. The quantitative estimate of drug-likeness (QED) is 0.174. The number of ether oxygens (including phenoxy) is 6. The summed E-state index contributed by atoms with van der Waals surface area (Å²) < 4.78 is 49.5. The Morgan fingerprint density at radius 2 is 0.862 bits per heavy atom. The molecule has 1 atom stereocenters. The Kier molecular flexibility index (Phi) is 20.9. The van der Waals surface area contributed by atoms with Crippen molar-refractivity contribution in [3.8, 4) is 0 Å². The first-order valence-corrected chi connectivity index (χ1v) is 11.8. The number of hydrogen-bond donors (Lipinski definition) is 1. The van der Waals surface area contributed by atoms with Gasteiger partial charge in [0.05, 0.1) is 84.9 Å². The van der Waals surface area contributed by atoms with Crippen molar-refractivity contribution in [1.29, 1.82) is 0 Å². The Balaban J connectivity index is 4.62. The molecule has 0 spiro atoms. The maximum Gasteiger partial charge on any atom is 0.518 e. The molecule has 0 radical (unpaired) electrons. The Morgan fingerprint density at radius 1 is 0.552 bits per heavy atom. The maximum atomic E-state index is 6.34. The summed E-state index contributed by atoms with van der Waals surface area (Å²) in [6, 6.07) is 0. The first-order chi connectivity index (χ1) is 14.2. The zero-order chi connectivity index (χ0) is 21.6. The first-order valence-electron chi connectivity index (χ1n) is 10.0. The van der Waals surface area contributed by atoms with Crippen LogP contribution in [0.25, 0.3) is 0 Å². The van der Waals surface area contributed by atoms with E-state index in [1.807, 2.05) is 6.92 Å². The van der Waals surface area contributed by atoms with Crippen molar-refractivity contribution in [3.05, 3.63) is 0 Å². The van der Waals surface area contributed by atoms with Crippen LogP contribution in [0.4, 0.5) is 0 Å². The second-order valence-electron chi connectivity index (χ2n) is 5.98. The lowest BCUT2D eigenvalue weighted by Crippen LogP contribution is -2.61. The minimum atomic E-state index is -3.16. The summed E-state index contributed by atoms with van der Waals surface area (Å²) in [4.78, 5) is 0. The highest BCUT2D eigenvalue weighted by Crippen LogP contribution is 2.16. The van der Waals surface area contributed by atoms with Gasteiger partial charge < -0.3 is 47.4 Å². The van der Waals surface area contributed by atoms with Crippen molar-refractivity contribution in [2.75, 3.05) is 101 Å². The molecule has 2 N–H and O–H groups in total. The maximum absolute atomic E-state index is 6.34. The molecular formula is C18H41NO9Si. The van der Waals surface area contributed by atoms with Gasteiger partial charge in [0.25, 0.3) is 0 Å². The predicted molar refractivity (Wildman–Crippen MR) is 110 cm³/mol. The summed E-state index contributed by atoms with van der Waals surface area (Å²) in [6.07, 6.45) is 0.659. The molecule has 0 aliphatic rings. The van der Waals surface area contributed by atoms with E-state index in [2.05, 4.69) is 0 Å². The topological polar surface area (TPSA) is 109 Å². The summed E-state index contributed by atoms with van der Waals surface area (Å²) in [6.45, 7) is 7.20. The van der Waals surface area contributed by atoms with Crippen molar-refractivity contribution >= 4 is 8.80 Å². The molecule has 0 amide bonds. The van der Waals surface area contributed by atoms with Gasteiger partial charge in [0.1, 0.15) is 0 Å². The lowest BCUT2D eigenvalue weighted by atomic mass is 10.5. The molecule has 10 nitrogen and oxygen atoms in total. The van der Waals surface area contributed by atoms with Crippen molar-refractivity contribution in [2.24, 2.45) is 5.73 Å². The van der Waals surface area contributed by atoms with E-state index >= 15 is 0 Å². The van der Waals surface area contributed by atoms with Crippen LogP contribution in [-0.4, -0.2) is 115 Å². The van der Waals surface area contributed by atoms with Gasteiger partial charge in [-0.1, -0.05) is 6.92 Å². The van der Waals surface area contributed by atoms with Gasteiger partial charge in [0.2, 0.25) is 0 Å². The molecule has 0 aromatic rings. The van der Waals surface area contributed by atoms with E-state index in [0.29, 0.717) is 85.7 Å². The minimum Gasteiger partial charge on any atom is -0.382 e. The van der Waals surface area contributed by atoms with Crippen molar-refractivity contribution in [1.82, 2.24) is 0 Å². The van der Waals surface area contributed by atoms with Gasteiger partial charge >= 0.3 is 8.80 Å². The summed E-state index contributed by atoms with van der Waals surface area (Å²) in [5, 5.41) is 0. The van der Waals surface area contributed by atoms with Crippen molar-refractivity contribution in [2.45, 2.75) is 19.0 Å². The van der Waals surface area contributed by atoms with Gasteiger partial charge in [-0.25, -0.2) is 0 Å². The summed E-state index contributed by atoms with van der Waals surface area (Å²) in [5.41, 5.74) is 5.98. The number of methoxy groups -OCH3 is 3. The highest BCUT2D eigenvalue weighted by Gasteiger charge is 2.47. The van der Waals surface area contributed by atoms with Gasteiger partial charge in [0.15, 0.2) is 0 Å². The van der Waals surface area contributed by atoms with E-state index < -0.39 is 8.80 Å². The lowest BCUT2D eigenvalue weighted by Gasteiger charge is -2.33. The van der Waals surface area contributed by atoms with E-state index in [-0.39, 0.29) is 5.67 Å². The van der Waals surface area contributed by atoms with E-state index in [0.717, 1.165) is 0 Å². The molecule has 0 aliphatic heterocycles. The third-order valence-corrected chi connectivity index (χ3v) is 6.92. The molecule has 29 heavy (non-hydrogen) atoms. The molecule has 11 heteroatoms. The number of hydrogen-bond acceptors (Lipinski definition) is 10. The monoisotopic (exact) mass is 443 g/mol. The average Bonchev–Trinajstić information content (AvgIpc) is 2.74. The van der Waals surface area contributed by atoms with Crippen molar-refractivity contribution < 1.29 is 41.7 Å². The fraction of sp³-hybridized carbons (Fsp3) is 1.00. The number of rotatable bonds is 23. The van der Waals surface area contributed by atoms with E-state index in [1.165, 1.54) is 0 Å². The Bertz CT molecular complexity index is 302. The van der Waals surface area contributed by atoms with Crippen LogP contribution in [0.2, 0.25) is 0 Å². The van der Waals surface area contributed by atoms with Gasteiger partial charge in [-0.05, 0) is 6.42 Å². The molecule has 0 saturated heterocycles. The molecule has 0 aliphatic carbocycles. The Morgan fingerprint density at radius 3 is 1.14 bits per heavy atom. The van der Waals surface area contributed by atoms with Crippen molar-refractivity contribution in [3.63, 3.8) is 0 Å². The molecule has 1 unspecified atom stereocenters. The van der Waals surface area contributed by atoms with Crippen LogP contribution in [0.3, 0.4) is 0 Å². The van der Waals surface area contributed by atoms with E-state index in [1.54, 1.807) is 21.3 Å². The van der Waals surface area contributed by atoms with E-state index in [4.69, 9.17) is 47.4 Å². The largest absolute Gasteiger partial charge is 0.518 e.